The Balaban J connectivity index is 1.49. The first-order valence-corrected chi connectivity index (χ1v) is 7.98. The Morgan fingerprint density at radius 2 is 1.60 bits per heavy atom. The number of nitrogens with zero attached hydrogens (tertiary/aromatic N) is 2. The number of esters is 1. The summed E-state index contributed by atoms with van der Waals surface area (Å²) in [5.74, 6) is 0.468. The number of benzene rings is 2. The molecule has 0 aliphatic heterocycles. The monoisotopic (exact) mass is 378 g/mol. The molecule has 0 atom stereocenters. The van der Waals surface area contributed by atoms with Crippen molar-refractivity contribution in [1.29, 1.82) is 0 Å². The van der Waals surface area contributed by atoms with E-state index >= 15 is 0 Å². The van der Waals surface area contributed by atoms with Crippen LogP contribution in [0.1, 0.15) is 5.89 Å². The number of hydrogen-bond donors (Lipinski definition) is 0. The quantitative estimate of drug-likeness (QED) is 0.599. The molecule has 0 bridgehead atoms. The van der Waals surface area contributed by atoms with Gasteiger partial charge < -0.3 is 13.9 Å². The molecular weight excluding hydrogens is 367 g/mol. The minimum atomic E-state index is -0.554. The van der Waals surface area contributed by atoms with Gasteiger partial charge in [0.05, 0.1) is 0 Å². The minimum absolute atomic E-state index is 0.136. The SMILES string of the molecule is O=C(COc1ccc(Cl)cc1)OCc1nnc(-c2ccc(Cl)cc2)o1. The summed E-state index contributed by atoms with van der Waals surface area (Å²) >= 11 is 11.6. The largest absolute Gasteiger partial charge is 0.482 e. The van der Waals surface area contributed by atoms with Gasteiger partial charge in [0.25, 0.3) is 5.89 Å². The van der Waals surface area contributed by atoms with Crippen molar-refractivity contribution in [2.24, 2.45) is 0 Å². The van der Waals surface area contributed by atoms with Crippen molar-refractivity contribution < 1.29 is 18.7 Å². The molecule has 128 valence electrons. The first-order valence-electron chi connectivity index (χ1n) is 7.22. The van der Waals surface area contributed by atoms with Crippen molar-refractivity contribution in [3.63, 3.8) is 0 Å². The van der Waals surface area contributed by atoms with Crippen molar-refractivity contribution in [3.8, 4) is 17.2 Å². The third-order valence-corrected chi connectivity index (χ3v) is 3.59. The van der Waals surface area contributed by atoms with Crippen LogP contribution in [0, 0.1) is 0 Å². The van der Waals surface area contributed by atoms with Crippen LogP contribution in [-0.2, 0) is 16.1 Å². The lowest BCUT2D eigenvalue weighted by Gasteiger charge is -2.05. The molecule has 2 aromatic carbocycles. The Morgan fingerprint density at radius 3 is 2.28 bits per heavy atom. The third kappa shape index (κ3) is 4.95. The van der Waals surface area contributed by atoms with Crippen LogP contribution in [-0.4, -0.2) is 22.8 Å². The van der Waals surface area contributed by atoms with Crippen molar-refractivity contribution in [2.45, 2.75) is 6.61 Å². The normalized spacial score (nSPS) is 10.5. The summed E-state index contributed by atoms with van der Waals surface area (Å²) in [6, 6.07) is 13.6. The van der Waals surface area contributed by atoms with E-state index in [1.54, 1.807) is 48.5 Å². The molecule has 6 nitrogen and oxygen atoms in total. The number of halogens is 2. The van der Waals surface area contributed by atoms with Gasteiger partial charge in [-0.05, 0) is 48.5 Å². The van der Waals surface area contributed by atoms with E-state index in [4.69, 9.17) is 37.1 Å². The van der Waals surface area contributed by atoms with E-state index in [2.05, 4.69) is 10.2 Å². The Labute approximate surface area is 153 Å². The van der Waals surface area contributed by atoms with Crippen LogP contribution in [0.15, 0.2) is 52.9 Å². The number of ether oxygens (including phenoxy) is 2. The van der Waals surface area contributed by atoms with Gasteiger partial charge in [-0.25, -0.2) is 4.79 Å². The summed E-state index contributed by atoms with van der Waals surface area (Å²) in [5, 5.41) is 8.93. The van der Waals surface area contributed by atoms with E-state index in [9.17, 15) is 4.79 Å². The topological polar surface area (TPSA) is 74.5 Å². The summed E-state index contributed by atoms with van der Waals surface area (Å²) in [6.07, 6.45) is 0. The standard InChI is InChI=1S/C17H12Cl2N2O4/c18-12-3-1-11(2-4-12)17-21-20-15(25-17)9-24-16(22)10-23-14-7-5-13(19)6-8-14/h1-8H,9-10H2. The zero-order chi connectivity index (χ0) is 17.6. The van der Waals surface area contributed by atoms with Gasteiger partial charge in [-0.1, -0.05) is 23.2 Å². The molecule has 0 saturated heterocycles. The summed E-state index contributed by atoms with van der Waals surface area (Å²) < 4.78 is 15.8. The van der Waals surface area contributed by atoms with E-state index in [0.717, 1.165) is 5.56 Å². The molecule has 1 heterocycles. The van der Waals surface area contributed by atoms with Crippen molar-refractivity contribution in [3.05, 3.63) is 64.5 Å². The van der Waals surface area contributed by atoms with Crippen molar-refractivity contribution in [2.75, 3.05) is 6.61 Å². The maximum absolute atomic E-state index is 11.7. The molecule has 0 aliphatic rings. The van der Waals surface area contributed by atoms with Crippen LogP contribution >= 0.6 is 23.2 Å². The molecule has 0 spiro atoms. The predicted octanol–water partition coefficient (Wildman–Crippen LogP) is 4.17. The highest BCUT2D eigenvalue weighted by Crippen LogP contribution is 2.20. The Kier molecular flexibility index (Phi) is 5.53. The number of carbonyl (C=O) groups is 1. The highest BCUT2D eigenvalue weighted by molar-refractivity contribution is 6.30. The lowest BCUT2D eigenvalue weighted by atomic mass is 10.2. The minimum Gasteiger partial charge on any atom is -0.482 e. The molecule has 0 radical (unpaired) electrons. The van der Waals surface area contributed by atoms with E-state index in [1.165, 1.54) is 0 Å². The number of rotatable bonds is 6. The summed E-state index contributed by atoms with van der Waals surface area (Å²) in [4.78, 5) is 11.7. The number of aromatic nitrogens is 2. The van der Waals surface area contributed by atoms with Gasteiger partial charge in [-0.2, -0.15) is 0 Å². The van der Waals surface area contributed by atoms with Crippen LogP contribution in [0.5, 0.6) is 5.75 Å². The van der Waals surface area contributed by atoms with Crippen molar-refractivity contribution in [1.82, 2.24) is 10.2 Å². The van der Waals surface area contributed by atoms with Crippen LogP contribution < -0.4 is 4.74 Å². The fraction of sp³-hybridized carbons (Fsp3) is 0.118. The summed E-state index contributed by atoms with van der Waals surface area (Å²) in [6.45, 7) is -0.372. The molecular formula is C17H12Cl2N2O4. The number of carbonyl (C=O) groups excluding carboxylic acids is 1. The second-order valence-electron chi connectivity index (χ2n) is 4.91. The van der Waals surface area contributed by atoms with Crippen molar-refractivity contribution >= 4 is 29.2 Å². The smallest absolute Gasteiger partial charge is 0.344 e. The zero-order valence-electron chi connectivity index (χ0n) is 12.8. The molecule has 8 heteroatoms. The average Bonchev–Trinajstić information content (AvgIpc) is 3.09. The summed E-state index contributed by atoms with van der Waals surface area (Å²) in [7, 11) is 0. The van der Waals surface area contributed by atoms with Gasteiger partial charge in [0, 0.05) is 15.6 Å². The highest BCUT2D eigenvalue weighted by atomic mass is 35.5. The molecule has 0 unspecified atom stereocenters. The predicted molar refractivity (Wildman–Crippen MR) is 91.5 cm³/mol. The second-order valence-corrected chi connectivity index (χ2v) is 5.78. The van der Waals surface area contributed by atoms with Gasteiger partial charge >= 0.3 is 5.97 Å². The van der Waals surface area contributed by atoms with Crippen LogP contribution in [0.4, 0.5) is 0 Å². The fourth-order valence-corrected chi connectivity index (χ4v) is 2.13. The van der Waals surface area contributed by atoms with E-state index in [0.29, 0.717) is 21.7 Å². The Hall–Kier alpha value is -2.57. The van der Waals surface area contributed by atoms with Crippen LogP contribution in [0.25, 0.3) is 11.5 Å². The maximum Gasteiger partial charge on any atom is 0.344 e. The number of hydrogen-bond acceptors (Lipinski definition) is 6. The molecule has 0 amide bonds. The van der Waals surface area contributed by atoms with Gasteiger partial charge in [-0.3, -0.25) is 0 Å². The van der Waals surface area contributed by atoms with Crippen LogP contribution in [0.2, 0.25) is 10.0 Å². The zero-order valence-corrected chi connectivity index (χ0v) is 14.3. The molecule has 0 N–H and O–H groups in total. The van der Waals surface area contributed by atoms with Crippen LogP contribution in [0.3, 0.4) is 0 Å². The molecule has 1 aromatic heterocycles. The lowest BCUT2D eigenvalue weighted by molar-refractivity contribution is -0.148. The molecule has 0 saturated carbocycles. The fourth-order valence-electron chi connectivity index (χ4n) is 1.88. The average molecular weight is 379 g/mol. The molecule has 3 aromatic rings. The van der Waals surface area contributed by atoms with Gasteiger partial charge in [0.2, 0.25) is 5.89 Å². The van der Waals surface area contributed by atoms with Gasteiger partial charge in [0.15, 0.2) is 13.2 Å². The first-order chi connectivity index (χ1) is 12.1. The molecule has 0 fully saturated rings. The lowest BCUT2D eigenvalue weighted by Crippen LogP contribution is -2.14. The second kappa shape index (κ2) is 8.00. The Bertz CT molecular complexity index is 848. The van der Waals surface area contributed by atoms with Gasteiger partial charge in [0.1, 0.15) is 5.75 Å². The Morgan fingerprint density at radius 1 is 0.960 bits per heavy atom. The van der Waals surface area contributed by atoms with E-state index in [1.807, 2.05) is 0 Å². The molecule has 3 rings (SSSR count). The van der Waals surface area contributed by atoms with E-state index in [-0.39, 0.29) is 19.1 Å². The summed E-state index contributed by atoms with van der Waals surface area (Å²) in [5.41, 5.74) is 0.723. The molecule has 25 heavy (non-hydrogen) atoms. The van der Waals surface area contributed by atoms with E-state index < -0.39 is 5.97 Å². The van der Waals surface area contributed by atoms with Gasteiger partial charge in [-0.15, -0.1) is 10.2 Å². The maximum atomic E-state index is 11.7. The molecule has 0 aliphatic carbocycles. The first kappa shape index (κ1) is 17.3. The highest BCUT2D eigenvalue weighted by Gasteiger charge is 2.11. The third-order valence-electron chi connectivity index (χ3n) is 3.08.